The molecule has 6 heteroatoms. The van der Waals surface area contributed by atoms with E-state index in [9.17, 15) is 9.59 Å². The van der Waals surface area contributed by atoms with Gasteiger partial charge in [-0.1, -0.05) is 0 Å². The van der Waals surface area contributed by atoms with Crippen LogP contribution >= 0.6 is 9.24 Å². The number of rotatable bonds is 6. The summed E-state index contributed by atoms with van der Waals surface area (Å²) in [4.78, 5) is 20.6. The number of carbonyl (C=O) groups is 2. The number of aliphatic carboxylic acids is 2. The minimum Gasteiger partial charge on any atom is -0.481 e. The Morgan fingerprint density at radius 1 is 1.42 bits per heavy atom. The van der Waals surface area contributed by atoms with E-state index in [2.05, 4.69) is 14.6 Å². The Hall–Kier alpha value is -0.670. The van der Waals surface area contributed by atoms with E-state index in [1.54, 1.807) is 0 Å². The highest BCUT2D eigenvalue weighted by molar-refractivity contribution is 7.16. The largest absolute Gasteiger partial charge is 0.481 e. The molecule has 0 fully saturated rings. The zero-order valence-corrected chi connectivity index (χ0v) is 7.64. The van der Waals surface area contributed by atoms with Gasteiger partial charge in [-0.3, -0.25) is 9.59 Å². The van der Waals surface area contributed by atoms with Gasteiger partial charge in [0, 0.05) is 0 Å². The number of nitrogens with one attached hydrogen (secondary N) is 1. The molecule has 2 atom stereocenters. The van der Waals surface area contributed by atoms with Crippen molar-refractivity contribution >= 4 is 21.2 Å². The molecule has 0 heterocycles. The van der Waals surface area contributed by atoms with E-state index in [1.165, 1.54) is 0 Å². The summed E-state index contributed by atoms with van der Waals surface area (Å²) in [5.74, 6) is -2.24. The second kappa shape index (κ2) is 5.91. The second-order valence-electron chi connectivity index (χ2n) is 2.23. The van der Waals surface area contributed by atoms with Gasteiger partial charge >= 0.3 is 11.9 Å². The van der Waals surface area contributed by atoms with Crippen molar-refractivity contribution in [3.05, 3.63) is 0 Å². The molecule has 0 aromatic heterocycles. The Balaban J connectivity index is 3.87. The molecule has 12 heavy (non-hydrogen) atoms. The van der Waals surface area contributed by atoms with Gasteiger partial charge in [0.15, 0.2) is 0 Å². The summed E-state index contributed by atoms with van der Waals surface area (Å²) in [6, 6.07) is -0.983. The third-order valence-electron chi connectivity index (χ3n) is 1.21. The van der Waals surface area contributed by atoms with Gasteiger partial charge in [0.05, 0.1) is 6.42 Å². The summed E-state index contributed by atoms with van der Waals surface area (Å²) in [7, 11) is 2.42. The first-order valence-corrected chi connectivity index (χ1v) is 4.27. The van der Waals surface area contributed by atoms with Crippen molar-refractivity contribution in [1.82, 2.24) is 5.32 Å². The normalized spacial score (nSPS) is 12.4. The number of hydrogen-bond donors (Lipinski definition) is 3. The third-order valence-corrected chi connectivity index (χ3v) is 1.50. The molecule has 0 aromatic rings. The molecule has 3 N–H and O–H groups in total. The molecule has 1 unspecified atom stereocenters. The topological polar surface area (TPSA) is 86.6 Å². The van der Waals surface area contributed by atoms with Crippen molar-refractivity contribution in [3.8, 4) is 0 Å². The Labute approximate surface area is 72.4 Å². The maximum atomic E-state index is 10.4. The van der Waals surface area contributed by atoms with Crippen LogP contribution in [-0.4, -0.2) is 40.9 Å². The van der Waals surface area contributed by atoms with Gasteiger partial charge in [0.25, 0.3) is 0 Å². The van der Waals surface area contributed by atoms with Crippen molar-refractivity contribution < 1.29 is 19.8 Å². The fourth-order valence-electron chi connectivity index (χ4n) is 0.679. The summed E-state index contributed by atoms with van der Waals surface area (Å²) in [5.41, 5.74) is 0. The molecule has 5 nitrogen and oxygen atoms in total. The molecule has 0 radical (unpaired) electrons. The van der Waals surface area contributed by atoms with Crippen molar-refractivity contribution in [2.24, 2.45) is 0 Å². The lowest BCUT2D eigenvalue weighted by Crippen LogP contribution is -2.39. The van der Waals surface area contributed by atoms with Gasteiger partial charge in [-0.2, -0.15) is 0 Å². The highest BCUT2D eigenvalue weighted by atomic mass is 31.0. The van der Waals surface area contributed by atoms with Gasteiger partial charge in [0.2, 0.25) is 0 Å². The SMILES string of the molecule is O=C(O)C[C@H](NCCP)C(=O)O. The molecule has 0 rings (SSSR count). The summed E-state index contributed by atoms with van der Waals surface area (Å²) >= 11 is 0. The molecule has 0 saturated heterocycles. The van der Waals surface area contributed by atoms with Gasteiger partial charge in [0.1, 0.15) is 6.04 Å². The van der Waals surface area contributed by atoms with Gasteiger partial charge in [-0.15, -0.1) is 9.24 Å². The maximum absolute atomic E-state index is 10.4. The number of carboxylic acid groups (broad SMARTS) is 2. The second-order valence-corrected chi connectivity index (χ2v) is 2.81. The Morgan fingerprint density at radius 3 is 2.33 bits per heavy atom. The van der Waals surface area contributed by atoms with E-state index in [-0.39, 0.29) is 6.42 Å². The molecule has 0 aliphatic heterocycles. The molecule has 0 aromatic carbocycles. The molecule has 0 amide bonds. The third kappa shape index (κ3) is 5.04. The van der Waals surface area contributed by atoms with Crippen molar-refractivity contribution in [2.45, 2.75) is 12.5 Å². The molecule has 0 saturated carbocycles. The minimum atomic E-state index is -1.13. The average Bonchev–Trinajstić information content (AvgIpc) is 1.96. The summed E-state index contributed by atoms with van der Waals surface area (Å²) < 4.78 is 0. The summed E-state index contributed by atoms with van der Waals surface area (Å²) in [6.07, 6.45) is 0.309. The summed E-state index contributed by atoms with van der Waals surface area (Å²) in [5, 5.41) is 19.4. The molecular formula is C6H12NO4P. The molecule has 0 spiro atoms. The van der Waals surface area contributed by atoms with Crippen LogP contribution in [-0.2, 0) is 9.59 Å². The first-order valence-electron chi connectivity index (χ1n) is 3.46. The molecule has 0 bridgehead atoms. The highest BCUT2D eigenvalue weighted by Gasteiger charge is 2.19. The standard InChI is InChI=1S/C6H12NO4P/c8-5(9)3-4(6(10)11)7-1-2-12/h4,7H,1-3,12H2,(H,8,9)(H,10,11)/t4-/m0/s1. The van der Waals surface area contributed by atoms with Crippen LogP contribution in [0.4, 0.5) is 0 Å². The van der Waals surface area contributed by atoms with Crippen LogP contribution in [0.1, 0.15) is 6.42 Å². The minimum absolute atomic E-state index is 0.389. The van der Waals surface area contributed by atoms with E-state index in [1.807, 2.05) is 0 Å². The highest BCUT2D eigenvalue weighted by Crippen LogP contribution is 1.92. The Kier molecular flexibility index (Phi) is 5.58. The molecule has 0 aliphatic rings. The van der Waals surface area contributed by atoms with E-state index < -0.39 is 18.0 Å². The number of hydrogen-bond acceptors (Lipinski definition) is 3. The summed E-state index contributed by atoms with van der Waals surface area (Å²) in [6.45, 7) is 0.481. The monoisotopic (exact) mass is 193 g/mol. The van der Waals surface area contributed by atoms with E-state index in [4.69, 9.17) is 10.2 Å². The van der Waals surface area contributed by atoms with Crippen molar-refractivity contribution in [3.63, 3.8) is 0 Å². The van der Waals surface area contributed by atoms with E-state index >= 15 is 0 Å². The smallest absolute Gasteiger partial charge is 0.321 e. The van der Waals surface area contributed by atoms with Gasteiger partial charge < -0.3 is 15.5 Å². The Morgan fingerprint density at radius 2 is 2.00 bits per heavy atom. The first kappa shape index (κ1) is 11.3. The molecular weight excluding hydrogens is 181 g/mol. The lowest BCUT2D eigenvalue weighted by Gasteiger charge is -2.10. The van der Waals surface area contributed by atoms with Crippen LogP contribution in [0.25, 0.3) is 0 Å². The molecule has 0 aliphatic carbocycles. The molecule has 70 valence electrons. The van der Waals surface area contributed by atoms with Crippen LogP contribution in [0.2, 0.25) is 0 Å². The lowest BCUT2D eigenvalue weighted by atomic mass is 10.2. The van der Waals surface area contributed by atoms with Crippen LogP contribution in [0.15, 0.2) is 0 Å². The Bertz CT molecular complexity index is 173. The van der Waals surface area contributed by atoms with E-state index in [0.717, 1.165) is 0 Å². The maximum Gasteiger partial charge on any atom is 0.321 e. The van der Waals surface area contributed by atoms with Crippen LogP contribution < -0.4 is 5.32 Å². The lowest BCUT2D eigenvalue weighted by molar-refractivity contribution is -0.145. The fraction of sp³-hybridized carbons (Fsp3) is 0.667. The zero-order chi connectivity index (χ0) is 9.56. The van der Waals surface area contributed by atoms with Gasteiger partial charge in [-0.05, 0) is 12.7 Å². The van der Waals surface area contributed by atoms with Crippen LogP contribution in [0, 0.1) is 0 Å². The number of carboxylic acids is 2. The predicted octanol–water partition coefficient (Wildman–Crippen LogP) is -0.621. The van der Waals surface area contributed by atoms with Crippen LogP contribution in [0.3, 0.4) is 0 Å². The predicted molar refractivity (Wildman–Crippen MR) is 46.3 cm³/mol. The van der Waals surface area contributed by atoms with Gasteiger partial charge in [-0.25, -0.2) is 0 Å². The van der Waals surface area contributed by atoms with Crippen LogP contribution in [0.5, 0.6) is 0 Å². The fourth-order valence-corrected chi connectivity index (χ4v) is 0.846. The van der Waals surface area contributed by atoms with Crippen molar-refractivity contribution in [1.29, 1.82) is 0 Å². The average molecular weight is 193 g/mol. The first-order chi connectivity index (χ1) is 5.57. The zero-order valence-electron chi connectivity index (χ0n) is 6.49. The van der Waals surface area contributed by atoms with E-state index in [0.29, 0.717) is 12.7 Å². The quantitative estimate of drug-likeness (QED) is 0.489. The van der Waals surface area contributed by atoms with Crippen molar-refractivity contribution in [2.75, 3.05) is 12.7 Å².